The van der Waals surface area contributed by atoms with E-state index in [9.17, 15) is 14.7 Å². The number of benzene rings is 3. The number of amides is 2. The Labute approximate surface area is 256 Å². The summed E-state index contributed by atoms with van der Waals surface area (Å²) in [6.45, 7) is 4.01. The van der Waals surface area contributed by atoms with Gasteiger partial charge in [-0.2, -0.15) is 0 Å². The van der Waals surface area contributed by atoms with Crippen molar-refractivity contribution in [3.63, 3.8) is 0 Å². The van der Waals surface area contributed by atoms with Gasteiger partial charge in [-0.15, -0.1) is 0 Å². The van der Waals surface area contributed by atoms with Crippen molar-refractivity contribution in [3.8, 4) is 16.9 Å². The summed E-state index contributed by atoms with van der Waals surface area (Å²) in [5.41, 5.74) is 3.96. The number of rotatable bonds is 15. The lowest BCUT2D eigenvalue weighted by Gasteiger charge is -2.37. The van der Waals surface area contributed by atoms with Gasteiger partial charge in [-0.25, -0.2) is 14.8 Å². The molecule has 3 aromatic rings. The van der Waals surface area contributed by atoms with Crippen molar-refractivity contribution in [1.82, 2.24) is 15.2 Å². The fraction of sp³-hybridized carbons (Fsp3) is 0.400. The number of hydrogen-bond acceptors (Lipinski definition) is 6. The lowest BCUT2D eigenvalue weighted by Crippen LogP contribution is -2.50. The highest BCUT2D eigenvalue weighted by atomic mass is 16.6. The molecule has 229 valence electrons. The maximum atomic E-state index is 13.5. The zero-order valence-electron chi connectivity index (χ0n) is 25.3. The monoisotopic (exact) mass is 585 g/mol. The van der Waals surface area contributed by atoms with Crippen molar-refractivity contribution in [2.24, 2.45) is 0 Å². The summed E-state index contributed by atoms with van der Waals surface area (Å²) in [6.07, 6.45) is 7.67. The van der Waals surface area contributed by atoms with Crippen molar-refractivity contribution in [2.75, 3.05) is 51.4 Å². The van der Waals surface area contributed by atoms with Crippen molar-refractivity contribution in [3.05, 3.63) is 90.8 Å². The Morgan fingerprint density at radius 3 is 2.37 bits per heavy atom. The van der Waals surface area contributed by atoms with E-state index < -0.39 is 6.09 Å². The molecule has 43 heavy (non-hydrogen) atoms. The molecule has 0 spiro atoms. The second-order valence-electron chi connectivity index (χ2n) is 10.9. The standard InChI is InChI=1S/C35H45N4O4/c1-37(25-10-3-9-23-36-24-21-29-17-19-31(40)20-18-29)34(41)22-28-43-35(42)39(38-26-11-4-12-27-38)33-16-8-7-15-32(33)30-13-5-2-6-14-30/h2,4-8,13-20,36,40H,3,9-12,21-28H2,1H3. The number of piperidine rings is 1. The van der Waals surface area contributed by atoms with Gasteiger partial charge < -0.3 is 20.1 Å². The maximum Gasteiger partial charge on any atom is 0.429 e. The molecular formula is C35H45N4O4. The highest BCUT2D eigenvalue weighted by Gasteiger charge is 2.28. The number of nitrogens with zero attached hydrogens (tertiary/aromatic N) is 3. The van der Waals surface area contributed by atoms with Gasteiger partial charge in [-0.05, 0) is 80.9 Å². The van der Waals surface area contributed by atoms with Crippen LogP contribution in [-0.2, 0) is 16.0 Å². The van der Waals surface area contributed by atoms with Crippen LogP contribution < -0.4 is 10.3 Å². The first kappa shape index (κ1) is 32.0. The summed E-state index contributed by atoms with van der Waals surface area (Å²) in [6, 6.07) is 25.2. The number of ether oxygens (including phenoxy) is 1. The molecule has 0 aromatic heterocycles. The van der Waals surface area contributed by atoms with Gasteiger partial charge in [0.05, 0.1) is 12.1 Å². The molecule has 0 aliphatic carbocycles. The van der Waals surface area contributed by atoms with Crippen LogP contribution in [-0.4, -0.2) is 73.4 Å². The normalized spacial score (nSPS) is 13.4. The second-order valence-corrected chi connectivity index (χ2v) is 10.9. The number of phenolic OH excluding ortho intramolecular Hbond substituents is 1. The fourth-order valence-electron chi connectivity index (χ4n) is 5.22. The average molecular weight is 586 g/mol. The molecule has 2 N–H and O–H groups in total. The van der Waals surface area contributed by atoms with E-state index in [2.05, 4.69) is 11.7 Å². The highest BCUT2D eigenvalue weighted by molar-refractivity contribution is 5.93. The van der Waals surface area contributed by atoms with E-state index in [-0.39, 0.29) is 18.9 Å². The Bertz CT molecular complexity index is 1260. The van der Waals surface area contributed by atoms with Crippen LogP contribution in [0, 0.1) is 6.42 Å². The minimum atomic E-state index is -0.460. The van der Waals surface area contributed by atoms with Crippen LogP contribution in [0.25, 0.3) is 11.1 Å². The van der Waals surface area contributed by atoms with Gasteiger partial charge in [0.25, 0.3) is 0 Å². The van der Waals surface area contributed by atoms with Gasteiger partial charge in [0.1, 0.15) is 12.4 Å². The summed E-state index contributed by atoms with van der Waals surface area (Å²) in [7, 11) is 1.81. The molecule has 2 amide bonds. The third-order valence-corrected chi connectivity index (χ3v) is 7.70. The molecule has 0 unspecified atom stereocenters. The number of hydrazine groups is 1. The number of phenols is 1. The molecular weight excluding hydrogens is 540 g/mol. The van der Waals surface area contributed by atoms with Crippen LogP contribution >= 0.6 is 0 Å². The molecule has 1 heterocycles. The Morgan fingerprint density at radius 2 is 1.60 bits per heavy atom. The van der Waals surface area contributed by atoms with E-state index in [4.69, 9.17) is 4.74 Å². The number of anilines is 1. The van der Waals surface area contributed by atoms with E-state index in [1.165, 1.54) is 5.56 Å². The quantitative estimate of drug-likeness (QED) is 0.211. The van der Waals surface area contributed by atoms with Gasteiger partial charge in [0, 0.05) is 32.2 Å². The van der Waals surface area contributed by atoms with Crippen LogP contribution in [0.3, 0.4) is 0 Å². The van der Waals surface area contributed by atoms with Gasteiger partial charge in [-0.1, -0.05) is 67.1 Å². The van der Waals surface area contributed by atoms with Crippen molar-refractivity contribution < 1.29 is 19.4 Å². The topological polar surface area (TPSA) is 85.3 Å². The molecule has 8 nitrogen and oxygen atoms in total. The zero-order valence-corrected chi connectivity index (χ0v) is 25.3. The highest BCUT2D eigenvalue weighted by Crippen LogP contribution is 2.33. The van der Waals surface area contributed by atoms with Gasteiger partial charge in [0.15, 0.2) is 0 Å². The number of para-hydroxylation sites is 1. The van der Waals surface area contributed by atoms with Crippen LogP contribution in [0.4, 0.5) is 10.5 Å². The van der Waals surface area contributed by atoms with Crippen LogP contribution in [0.1, 0.15) is 44.1 Å². The first-order chi connectivity index (χ1) is 21.0. The number of aromatic hydroxyl groups is 1. The SMILES string of the molecule is CN(CCCCCNCCc1ccc(O)cc1)C(=O)CCOC(=O)N(c1ccccc1-c1ccccc1)N1CC[CH]CC1. The third kappa shape index (κ3) is 10.1. The predicted octanol–water partition coefficient (Wildman–Crippen LogP) is 6.07. The largest absolute Gasteiger partial charge is 0.508 e. The number of carbonyl (C=O) groups excluding carboxylic acids is 2. The predicted molar refractivity (Wildman–Crippen MR) is 172 cm³/mol. The molecule has 1 aliphatic rings. The zero-order chi connectivity index (χ0) is 30.3. The molecule has 1 fully saturated rings. The minimum Gasteiger partial charge on any atom is -0.508 e. The molecule has 1 radical (unpaired) electrons. The van der Waals surface area contributed by atoms with E-state index in [0.717, 1.165) is 81.5 Å². The summed E-state index contributed by atoms with van der Waals surface area (Å²) in [4.78, 5) is 28.0. The lowest BCUT2D eigenvalue weighted by atomic mass is 10.0. The average Bonchev–Trinajstić information content (AvgIpc) is 3.04. The Hall–Kier alpha value is -3.88. The molecule has 0 saturated carbocycles. The number of unbranched alkanes of at least 4 members (excludes halogenated alkanes) is 2. The number of carbonyl (C=O) groups is 2. The first-order valence-corrected chi connectivity index (χ1v) is 15.4. The first-order valence-electron chi connectivity index (χ1n) is 15.4. The van der Waals surface area contributed by atoms with Crippen molar-refractivity contribution >= 4 is 17.7 Å². The van der Waals surface area contributed by atoms with Gasteiger partial charge >= 0.3 is 6.09 Å². The third-order valence-electron chi connectivity index (χ3n) is 7.70. The molecule has 4 rings (SSSR count). The Morgan fingerprint density at radius 1 is 0.884 bits per heavy atom. The molecule has 3 aromatic carbocycles. The summed E-state index contributed by atoms with van der Waals surface area (Å²) >= 11 is 0. The molecule has 0 atom stereocenters. The van der Waals surface area contributed by atoms with Crippen molar-refractivity contribution in [2.45, 2.75) is 44.9 Å². The molecule has 1 aliphatic heterocycles. The van der Waals surface area contributed by atoms with Crippen molar-refractivity contribution in [1.29, 1.82) is 0 Å². The summed E-state index contributed by atoms with van der Waals surface area (Å²) in [5.74, 6) is 0.268. The maximum absolute atomic E-state index is 13.5. The van der Waals surface area contributed by atoms with E-state index in [0.29, 0.717) is 12.3 Å². The molecule has 8 heteroatoms. The summed E-state index contributed by atoms with van der Waals surface area (Å²) in [5, 5.41) is 16.5. The van der Waals surface area contributed by atoms with E-state index in [1.807, 2.05) is 78.8 Å². The number of nitrogens with one attached hydrogen (secondary N) is 1. The Kier molecular flexibility index (Phi) is 12.9. The molecule has 0 bridgehead atoms. The molecule has 1 saturated heterocycles. The van der Waals surface area contributed by atoms with Crippen LogP contribution in [0.2, 0.25) is 0 Å². The van der Waals surface area contributed by atoms with Gasteiger partial charge in [-0.3, -0.25) is 4.79 Å². The van der Waals surface area contributed by atoms with Crippen LogP contribution in [0.15, 0.2) is 78.9 Å². The second kappa shape index (κ2) is 17.3. The fourth-order valence-corrected chi connectivity index (χ4v) is 5.22. The van der Waals surface area contributed by atoms with Crippen LogP contribution in [0.5, 0.6) is 5.75 Å². The number of hydrogen-bond donors (Lipinski definition) is 2. The van der Waals surface area contributed by atoms with E-state index in [1.54, 1.807) is 22.0 Å². The van der Waals surface area contributed by atoms with E-state index >= 15 is 0 Å². The van der Waals surface area contributed by atoms with Gasteiger partial charge in [0.2, 0.25) is 5.91 Å². The lowest BCUT2D eigenvalue weighted by molar-refractivity contribution is -0.130. The smallest absolute Gasteiger partial charge is 0.429 e. The minimum absolute atomic E-state index is 0.0244. The Balaban J connectivity index is 1.19. The summed E-state index contributed by atoms with van der Waals surface area (Å²) < 4.78 is 5.71.